The molecule has 0 aliphatic rings. The van der Waals surface area contributed by atoms with Gasteiger partial charge in [0.05, 0.1) is 6.20 Å². The van der Waals surface area contributed by atoms with Crippen molar-refractivity contribution in [1.29, 1.82) is 0 Å². The first-order valence-electron chi connectivity index (χ1n) is 4.30. The summed E-state index contributed by atoms with van der Waals surface area (Å²) in [7, 11) is 0. The molecule has 3 aromatic heterocycles. The summed E-state index contributed by atoms with van der Waals surface area (Å²) >= 11 is 0. The highest BCUT2D eigenvalue weighted by molar-refractivity contribution is 5.74. The lowest BCUT2D eigenvalue weighted by molar-refractivity contribution is 1.09. The van der Waals surface area contributed by atoms with E-state index in [-0.39, 0.29) is 0 Å². The number of nitrogens with two attached hydrogens (primary N) is 1. The maximum absolute atomic E-state index is 5.50. The van der Waals surface area contributed by atoms with Crippen LogP contribution in [0.3, 0.4) is 0 Å². The molecule has 7 nitrogen and oxygen atoms in total. The third-order valence-corrected chi connectivity index (χ3v) is 2.01. The summed E-state index contributed by atoms with van der Waals surface area (Å²) in [5, 5.41) is 6.59. The Hall–Kier alpha value is -2.44. The molecule has 0 aromatic carbocycles. The van der Waals surface area contributed by atoms with Gasteiger partial charge in [0.15, 0.2) is 11.5 Å². The third-order valence-electron chi connectivity index (χ3n) is 2.01. The van der Waals surface area contributed by atoms with Crippen molar-refractivity contribution in [3.63, 3.8) is 0 Å². The summed E-state index contributed by atoms with van der Waals surface area (Å²) in [5.41, 5.74) is 7.62. The molecule has 0 radical (unpaired) electrons. The van der Waals surface area contributed by atoms with Crippen molar-refractivity contribution in [3.05, 3.63) is 18.6 Å². The minimum atomic E-state index is 0.427. The number of rotatable bonds is 1. The first-order valence-corrected chi connectivity index (χ1v) is 4.30. The van der Waals surface area contributed by atoms with Crippen LogP contribution in [0, 0.1) is 0 Å². The van der Waals surface area contributed by atoms with Crippen LogP contribution in [-0.2, 0) is 0 Å². The highest BCUT2D eigenvalue weighted by Crippen LogP contribution is 2.17. The number of nitrogens with zero attached hydrogens (tertiary/aromatic N) is 4. The molecule has 0 atom stereocenters. The third kappa shape index (κ3) is 1.21. The minimum absolute atomic E-state index is 0.427. The van der Waals surface area contributed by atoms with Crippen LogP contribution in [0.4, 0.5) is 5.82 Å². The van der Waals surface area contributed by atoms with Crippen LogP contribution < -0.4 is 5.73 Å². The van der Waals surface area contributed by atoms with Gasteiger partial charge in [-0.3, -0.25) is 5.10 Å². The minimum Gasteiger partial charge on any atom is -0.382 e. The van der Waals surface area contributed by atoms with E-state index < -0.39 is 0 Å². The van der Waals surface area contributed by atoms with E-state index in [2.05, 4.69) is 30.1 Å². The van der Waals surface area contributed by atoms with E-state index in [1.165, 1.54) is 6.33 Å². The molecule has 4 N–H and O–H groups in total. The Bertz CT molecular complexity index is 575. The lowest BCUT2D eigenvalue weighted by Gasteiger charge is -1.85. The van der Waals surface area contributed by atoms with Gasteiger partial charge in [-0.2, -0.15) is 5.10 Å². The van der Waals surface area contributed by atoms with Gasteiger partial charge in [-0.15, -0.1) is 0 Å². The van der Waals surface area contributed by atoms with E-state index in [0.717, 1.165) is 11.2 Å². The van der Waals surface area contributed by atoms with Crippen molar-refractivity contribution in [2.24, 2.45) is 0 Å². The fraction of sp³-hybridized carbons (Fsp3) is 0. The number of aromatic nitrogens is 6. The summed E-state index contributed by atoms with van der Waals surface area (Å²) in [6.07, 6.45) is 3.12. The van der Waals surface area contributed by atoms with E-state index in [4.69, 9.17) is 5.73 Å². The zero-order valence-electron chi connectivity index (χ0n) is 7.60. The lowest BCUT2D eigenvalue weighted by Crippen LogP contribution is -1.81. The molecule has 3 aromatic rings. The van der Waals surface area contributed by atoms with Gasteiger partial charge in [0.1, 0.15) is 23.4 Å². The molecule has 0 aliphatic carbocycles. The van der Waals surface area contributed by atoms with Gasteiger partial charge < -0.3 is 10.7 Å². The van der Waals surface area contributed by atoms with Crippen LogP contribution in [0.25, 0.3) is 22.7 Å². The second-order valence-electron chi connectivity index (χ2n) is 3.05. The van der Waals surface area contributed by atoms with Crippen LogP contribution in [0.1, 0.15) is 0 Å². The molecule has 0 unspecified atom stereocenters. The molecular formula is C8H7N7. The van der Waals surface area contributed by atoms with E-state index in [1.807, 2.05) is 0 Å². The largest absolute Gasteiger partial charge is 0.382 e. The fourth-order valence-electron chi connectivity index (χ4n) is 1.35. The maximum atomic E-state index is 5.50. The Morgan fingerprint density at radius 2 is 2.27 bits per heavy atom. The zero-order valence-corrected chi connectivity index (χ0v) is 7.60. The summed E-state index contributed by atoms with van der Waals surface area (Å²) < 4.78 is 0. The van der Waals surface area contributed by atoms with Crippen LogP contribution in [0.15, 0.2) is 18.6 Å². The van der Waals surface area contributed by atoms with Gasteiger partial charge >= 0.3 is 0 Å². The van der Waals surface area contributed by atoms with Gasteiger partial charge in [-0.1, -0.05) is 0 Å². The summed E-state index contributed by atoms with van der Waals surface area (Å²) in [4.78, 5) is 15.2. The first-order chi connectivity index (χ1) is 7.33. The fourth-order valence-corrected chi connectivity index (χ4v) is 1.35. The quantitative estimate of drug-likeness (QED) is 0.525. The number of aromatic amines is 2. The Labute approximate surface area is 83.8 Å². The Morgan fingerprint density at radius 3 is 3.00 bits per heavy atom. The zero-order chi connectivity index (χ0) is 10.3. The highest BCUT2D eigenvalue weighted by atomic mass is 15.2. The summed E-state index contributed by atoms with van der Waals surface area (Å²) in [6.45, 7) is 0. The Kier molecular flexibility index (Phi) is 1.46. The van der Waals surface area contributed by atoms with Crippen LogP contribution in [0.5, 0.6) is 0 Å². The molecule has 3 heterocycles. The summed E-state index contributed by atoms with van der Waals surface area (Å²) in [6, 6.07) is 1.70. The number of imidazole rings is 1. The molecule has 0 saturated heterocycles. The second-order valence-corrected chi connectivity index (χ2v) is 3.05. The highest BCUT2D eigenvalue weighted by Gasteiger charge is 2.07. The predicted molar refractivity (Wildman–Crippen MR) is 53.7 cm³/mol. The topological polar surface area (TPSA) is 109 Å². The van der Waals surface area contributed by atoms with Gasteiger partial charge in [-0.25, -0.2) is 15.0 Å². The number of hydrogen-bond acceptors (Lipinski definition) is 5. The lowest BCUT2D eigenvalue weighted by atomic mass is 10.4. The first kappa shape index (κ1) is 7.92. The molecule has 0 saturated carbocycles. The maximum Gasteiger partial charge on any atom is 0.181 e. The standard InChI is InChI=1S/C8H7N7/c9-6-1-4(14-15-6)8-12-5-2-10-3-11-7(5)13-8/h1-3H,(H3,9,14,15)(H,10,11,12,13). The number of fused-ring (bicyclic) bond motifs is 1. The van der Waals surface area contributed by atoms with Crippen molar-refractivity contribution in [3.8, 4) is 11.5 Å². The van der Waals surface area contributed by atoms with E-state index in [0.29, 0.717) is 17.3 Å². The van der Waals surface area contributed by atoms with Gasteiger partial charge in [0.2, 0.25) is 0 Å². The van der Waals surface area contributed by atoms with Crippen molar-refractivity contribution < 1.29 is 0 Å². The number of anilines is 1. The van der Waals surface area contributed by atoms with Crippen LogP contribution >= 0.6 is 0 Å². The molecule has 0 amide bonds. The SMILES string of the molecule is Nc1cc(-c2nc3ncncc3[nH]2)[nH]n1. The van der Waals surface area contributed by atoms with Gasteiger partial charge in [-0.05, 0) is 0 Å². The van der Waals surface area contributed by atoms with Gasteiger partial charge in [0.25, 0.3) is 0 Å². The van der Waals surface area contributed by atoms with Gasteiger partial charge in [0, 0.05) is 6.07 Å². The molecule has 15 heavy (non-hydrogen) atoms. The number of hydrogen-bond donors (Lipinski definition) is 3. The number of nitrogens with one attached hydrogen (secondary N) is 2. The van der Waals surface area contributed by atoms with Crippen molar-refractivity contribution in [1.82, 2.24) is 30.1 Å². The summed E-state index contributed by atoms with van der Waals surface area (Å²) in [5.74, 6) is 1.08. The molecule has 0 fully saturated rings. The second kappa shape index (κ2) is 2.77. The molecular weight excluding hydrogens is 194 g/mol. The van der Waals surface area contributed by atoms with Crippen LogP contribution in [0.2, 0.25) is 0 Å². The normalized spacial score (nSPS) is 10.9. The molecule has 7 heteroatoms. The molecule has 3 rings (SSSR count). The van der Waals surface area contributed by atoms with Crippen molar-refractivity contribution in [2.75, 3.05) is 5.73 Å². The predicted octanol–water partition coefficient (Wildman–Crippen LogP) is 0.325. The Morgan fingerprint density at radius 1 is 1.33 bits per heavy atom. The number of nitrogen functional groups attached to an aromatic ring is 1. The van der Waals surface area contributed by atoms with E-state index in [9.17, 15) is 0 Å². The average Bonchev–Trinajstić information content (AvgIpc) is 2.82. The number of H-pyrrole nitrogens is 2. The van der Waals surface area contributed by atoms with Crippen LogP contribution in [-0.4, -0.2) is 30.1 Å². The molecule has 0 aliphatic heterocycles. The van der Waals surface area contributed by atoms with Crippen molar-refractivity contribution in [2.45, 2.75) is 0 Å². The Balaban J connectivity index is 2.19. The smallest absolute Gasteiger partial charge is 0.181 e. The molecule has 0 spiro atoms. The average molecular weight is 201 g/mol. The van der Waals surface area contributed by atoms with Crippen molar-refractivity contribution >= 4 is 17.0 Å². The monoisotopic (exact) mass is 201 g/mol. The molecule has 0 bridgehead atoms. The molecule has 74 valence electrons. The van der Waals surface area contributed by atoms with E-state index in [1.54, 1.807) is 12.3 Å². The van der Waals surface area contributed by atoms with E-state index >= 15 is 0 Å².